The lowest BCUT2D eigenvalue weighted by molar-refractivity contribution is 0.316. The smallest absolute Gasteiger partial charge is 0.0897 e. The van der Waals surface area contributed by atoms with Gasteiger partial charge in [-0.05, 0) is 26.1 Å². The Morgan fingerprint density at radius 2 is 2.17 bits per heavy atom. The highest BCUT2D eigenvalue weighted by atomic mass is 35.5. The van der Waals surface area contributed by atoms with Gasteiger partial charge in [-0.15, -0.1) is 11.3 Å². The van der Waals surface area contributed by atoms with Crippen LogP contribution in [0.25, 0.3) is 0 Å². The van der Waals surface area contributed by atoms with E-state index in [2.05, 4.69) is 15.3 Å². The molecule has 1 heterocycles. The van der Waals surface area contributed by atoms with Crippen molar-refractivity contribution in [1.29, 1.82) is 0 Å². The number of aryl methyl sites for hydroxylation is 1. The first-order valence-electron chi connectivity index (χ1n) is 5.68. The molecule has 3 nitrogen and oxygen atoms in total. The Morgan fingerprint density at radius 1 is 1.39 bits per heavy atom. The van der Waals surface area contributed by atoms with Crippen LogP contribution in [0.15, 0.2) is 23.6 Å². The molecule has 1 aromatic heterocycles. The number of halogens is 1. The number of hydrogen-bond acceptors (Lipinski definition) is 4. The number of nitrogens with two attached hydrogens (primary N) is 1. The van der Waals surface area contributed by atoms with E-state index in [9.17, 15) is 0 Å². The predicted molar refractivity (Wildman–Crippen MR) is 77.9 cm³/mol. The van der Waals surface area contributed by atoms with E-state index >= 15 is 0 Å². The van der Waals surface area contributed by atoms with E-state index < -0.39 is 0 Å². The van der Waals surface area contributed by atoms with Crippen molar-refractivity contribution < 1.29 is 0 Å². The van der Waals surface area contributed by atoms with Crippen molar-refractivity contribution in [2.75, 3.05) is 12.8 Å². The van der Waals surface area contributed by atoms with Crippen LogP contribution in [-0.4, -0.2) is 16.9 Å². The second-order valence-corrected chi connectivity index (χ2v) is 5.81. The molecular weight excluding hydrogens is 266 g/mol. The zero-order valence-electron chi connectivity index (χ0n) is 10.5. The fourth-order valence-corrected chi connectivity index (χ4v) is 2.67. The molecule has 0 saturated carbocycles. The molecule has 0 saturated heterocycles. The van der Waals surface area contributed by atoms with Crippen molar-refractivity contribution in [3.63, 3.8) is 0 Å². The summed E-state index contributed by atoms with van der Waals surface area (Å²) in [6.07, 6.45) is 0. The highest BCUT2D eigenvalue weighted by Gasteiger charge is 2.09. The van der Waals surface area contributed by atoms with E-state index in [1.165, 1.54) is 0 Å². The van der Waals surface area contributed by atoms with Crippen molar-refractivity contribution in [2.45, 2.75) is 20.0 Å². The summed E-state index contributed by atoms with van der Waals surface area (Å²) in [5.41, 5.74) is 8.75. The van der Waals surface area contributed by atoms with Gasteiger partial charge >= 0.3 is 0 Å². The highest BCUT2D eigenvalue weighted by Crippen LogP contribution is 2.23. The topological polar surface area (TPSA) is 42.2 Å². The normalized spacial score (nSPS) is 11.1. The fourth-order valence-electron chi connectivity index (χ4n) is 1.83. The minimum atomic E-state index is 0.719. The van der Waals surface area contributed by atoms with E-state index in [0.717, 1.165) is 40.1 Å². The van der Waals surface area contributed by atoms with Gasteiger partial charge in [0.15, 0.2) is 0 Å². The average Bonchev–Trinajstić information content (AvgIpc) is 2.69. The van der Waals surface area contributed by atoms with Crippen LogP contribution in [-0.2, 0) is 13.1 Å². The van der Waals surface area contributed by atoms with Gasteiger partial charge in [0.25, 0.3) is 0 Å². The summed E-state index contributed by atoms with van der Waals surface area (Å²) in [6.45, 7) is 3.54. The van der Waals surface area contributed by atoms with E-state index in [0.29, 0.717) is 0 Å². The van der Waals surface area contributed by atoms with Crippen molar-refractivity contribution in [2.24, 2.45) is 0 Å². The number of aromatic nitrogens is 1. The molecule has 0 aliphatic carbocycles. The third kappa shape index (κ3) is 3.22. The van der Waals surface area contributed by atoms with Gasteiger partial charge in [0.05, 0.1) is 10.7 Å². The number of nitrogens with zero attached hydrogens (tertiary/aromatic N) is 2. The SMILES string of the molecule is Cc1nc(CN(C)Cc2c(N)cccc2Cl)cs1. The lowest BCUT2D eigenvalue weighted by Gasteiger charge is -2.17. The van der Waals surface area contributed by atoms with Crippen molar-refractivity contribution >= 4 is 28.6 Å². The molecule has 0 atom stereocenters. The Hall–Kier alpha value is -1.10. The van der Waals surface area contributed by atoms with Crippen molar-refractivity contribution in [3.05, 3.63) is 44.9 Å². The summed E-state index contributed by atoms with van der Waals surface area (Å²) >= 11 is 7.83. The molecule has 0 amide bonds. The van der Waals surface area contributed by atoms with Crippen molar-refractivity contribution in [1.82, 2.24) is 9.88 Å². The summed E-state index contributed by atoms with van der Waals surface area (Å²) in [4.78, 5) is 6.61. The lowest BCUT2D eigenvalue weighted by Crippen LogP contribution is -2.18. The van der Waals surface area contributed by atoms with Crippen molar-refractivity contribution in [3.8, 4) is 0 Å². The van der Waals surface area contributed by atoms with Gasteiger partial charge in [0.1, 0.15) is 0 Å². The largest absolute Gasteiger partial charge is 0.398 e. The Balaban J connectivity index is 2.05. The second kappa shape index (κ2) is 5.69. The Bertz CT molecular complexity index is 519. The Morgan fingerprint density at radius 3 is 2.78 bits per heavy atom. The summed E-state index contributed by atoms with van der Waals surface area (Å²) in [5, 5.41) is 3.90. The number of nitrogen functional groups attached to an aromatic ring is 1. The van der Waals surface area contributed by atoms with Crippen LogP contribution in [0.1, 0.15) is 16.3 Å². The van der Waals surface area contributed by atoms with Gasteiger partial charge in [-0.3, -0.25) is 4.90 Å². The van der Waals surface area contributed by atoms with E-state index in [-0.39, 0.29) is 0 Å². The molecule has 18 heavy (non-hydrogen) atoms. The van der Waals surface area contributed by atoms with E-state index in [4.69, 9.17) is 17.3 Å². The first-order chi connectivity index (χ1) is 8.56. The third-order valence-corrected chi connectivity index (χ3v) is 3.86. The monoisotopic (exact) mass is 281 g/mol. The van der Waals surface area contributed by atoms with Gasteiger partial charge in [-0.1, -0.05) is 17.7 Å². The quantitative estimate of drug-likeness (QED) is 0.874. The number of benzene rings is 1. The molecule has 96 valence electrons. The maximum atomic E-state index is 6.16. The first-order valence-corrected chi connectivity index (χ1v) is 6.94. The van der Waals surface area contributed by atoms with Gasteiger partial charge in [0, 0.05) is 34.7 Å². The molecule has 0 spiro atoms. The molecular formula is C13H16ClN3S. The van der Waals surface area contributed by atoms with Crippen LogP contribution >= 0.6 is 22.9 Å². The van der Waals surface area contributed by atoms with Crippen LogP contribution in [0, 0.1) is 6.92 Å². The maximum absolute atomic E-state index is 6.16. The molecule has 2 aromatic rings. The van der Waals surface area contributed by atoms with E-state index in [1.54, 1.807) is 11.3 Å². The molecule has 0 unspecified atom stereocenters. The minimum Gasteiger partial charge on any atom is -0.398 e. The van der Waals surface area contributed by atoms with Crippen LogP contribution in [0.4, 0.5) is 5.69 Å². The second-order valence-electron chi connectivity index (χ2n) is 4.34. The van der Waals surface area contributed by atoms with Crippen LogP contribution in [0.5, 0.6) is 0 Å². The number of hydrogen-bond donors (Lipinski definition) is 1. The summed E-state index contributed by atoms with van der Waals surface area (Å²) in [6, 6.07) is 5.61. The summed E-state index contributed by atoms with van der Waals surface area (Å²) < 4.78 is 0. The fraction of sp³-hybridized carbons (Fsp3) is 0.308. The minimum absolute atomic E-state index is 0.719. The number of anilines is 1. The molecule has 2 rings (SSSR count). The zero-order valence-corrected chi connectivity index (χ0v) is 12.1. The van der Waals surface area contributed by atoms with E-state index in [1.807, 2.05) is 32.2 Å². The Kier molecular flexibility index (Phi) is 4.22. The molecule has 0 aliphatic heterocycles. The lowest BCUT2D eigenvalue weighted by atomic mass is 10.1. The van der Waals surface area contributed by atoms with Gasteiger partial charge in [-0.25, -0.2) is 4.98 Å². The van der Waals surface area contributed by atoms with Gasteiger partial charge in [-0.2, -0.15) is 0 Å². The number of rotatable bonds is 4. The molecule has 0 aliphatic rings. The molecule has 0 bridgehead atoms. The van der Waals surface area contributed by atoms with Gasteiger partial charge in [0.2, 0.25) is 0 Å². The zero-order chi connectivity index (χ0) is 13.1. The molecule has 0 radical (unpaired) electrons. The first kappa shape index (κ1) is 13.3. The summed E-state index contributed by atoms with van der Waals surface area (Å²) in [5.74, 6) is 0. The number of thiazole rings is 1. The standard InChI is InChI=1S/C13H16ClN3S/c1-9-16-10(8-18-9)6-17(2)7-11-12(14)4-3-5-13(11)15/h3-5,8H,6-7,15H2,1-2H3. The maximum Gasteiger partial charge on any atom is 0.0897 e. The van der Waals surface area contributed by atoms with Crippen LogP contribution < -0.4 is 5.73 Å². The Labute approximate surface area is 116 Å². The highest BCUT2D eigenvalue weighted by molar-refractivity contribution is 7.09. The molecule has 0 fully saturated rings. The summed E-state index contributed by atoms with van der Waals surface area (Å²) in [7, 11) is 2.04. The van der Waals surface area contributed by atoms with Crippen LogP contribution in [0.2, 0.25) is 5.02 Å². The third-order valence-electron chi connectivity index (χ3n) is 2.68. The predicted octanol–water partition coefficient (Wildman–Crippen LogP) is 3.32. The van der Waals surface area contributed by atoms with Gasteiger partial charge < -0.3 is 5.73 Å². The molecule has 5 heteroatoms. The molecule has 1 aromatic carbocycles. The average molecular weight is 282 g/mol. The van der Waals surface area contributed by atoms with Crippen LogP contribution in [0.3, 0.4) is 0 Å². The molecule has 2 N–H and O–H groups in total.